The monoisotopic (exact) mass is 574 g/mol. The van der Waals surface area contributed by atoms with Gasteiger partial charge in [-0.1, -0.05) is 103 Å². The Hall–Kier alpha value is -6.06. The molecule has 0 radical (unpaired) electrons. The van der Waals surface area contributed by atoms with Gasteiger partial charge in [-0.2, -0.15) is 0 Å². The quantitative estimate of drug-likeness (QED) is 0.206. The van der Waals surface area contributed by atoms with Gasteiger partial charge in [-0.25, -0.2) is 0 Å². The molecule has 10 rings (SSSR count). The number of nitrogens with zero attached hydrogens (tertiary/aromatic N) is 2. The summed E-state index contributed by atoms with van der Waals surface area (Å²) in [5.41, 5.74) is 11.2. The fourth-order valence-corrected chi connectivity index (χ4v) is 7.32. The number of fused-ring (bicyclic) bond motifs is 10. The summed E-state index contributed by atoms with van der Waals surface area (Å²) >= 11 is 0. The van der Waals surface area contributed by atoms with Crippen LogP contribution < -0.4 is 0 Å². The van der Waals surface area contributed by atoms with Crippen molar-refractivity contribution in [3.8, 4) is 22.5 Å². The number of aromatic nitrogens is 2. The van der Waals surface area contributed by atoms with Gasteiger partial charge >= 0.3 is 0 Å². The van der Waals surface area contributed by atoms with Crippen LogP contribution in [0.5, 0.6) is 0 Å². The second kappa shape index (κ2) is 9.22. The maximum Gasteiger partial charge on any atom is 0.145 e. The zero-order valence-electron chi connectivity index (χ0n) is 24.3. The third kappa shape index (κ3) is 3.46. The van der Waals surface area contributed by atoms with Crippen LogP contribution in [0.4, 0.5) is 0 Å². The van der Waals surface area contributed by atoms with Gasteiger partial charge in [0.15, 0.2) is 0 Å². The van der Waals surface area contributed by atoms with Gasteiger partial charge in [0.25, 0.3) is 0 Å². The van der Waals surface area contributed by atoms with E-state index in [2.05, 4.69) is 161 Å². The second-order valence-electron chi connectivity index (χ2n) is 11.8. The average Bonchev–Trinajstić information content (AvgIpc) is 3.76. The molecule has 0 aliphatic carbocycles. The Labute approximate surface area is 258 Å². The molecule has 0 saturated carbocycles. The van der Waals surface area contributed by atoms with Crippen molar-refractivity contribution in [2.24, 2.45) is 0 Å². The molecule has 0 unspecified atom stereocenters. The first-order chi connectivity index (χ1) is 22.3. The Morgan fingerprint density at radius 2 is 1.00 bits per heavy atom. The van der Waals surface area contributed by atoms with E-state index in [1.807, 2.05) is 6.07 Å². The molecular weight excluding hydrogens is 548 g/mol. The Balaban J connectivity index is 1.34. The lowest BCUT2D eigenvalue weighted by Gasteiger charge is -2.12. The second-order valence-corrected chi connectivity index (χ2v) is 11.8. The summed E-state index contributed by atoms with van der Waals surface area (Å²) in [5.74, 6) is 0. The highest BCUT2D eigenvalue weighted by molar-refractivity contribution is 6.24. The molecule has 0 N–H and O–H groups in total. The molecule has 0 bridgehead atoms. The van der Waals surface area contributed by atoms with Crippen molar-refractivity contribution in [2.75, 3.05) is 0 Å². The highest BCUT2D eigenvalue weighted by Gasteiger charge is 2.20. The molecule has 0 atom stereocenters. The van der Waals surface area contributed by atoms with Crippen LogP contribution >= 0.6 is 0 Å². The molecule has 3 aromatic heterocycles. The fourth-order valence-electron chi connectivity index (χ4n) is 7.32. The van der Waals surface area contributed by atoms with E-state index in [0.717, 1.165) is 49.7 Å². The van der Waals surface area contributed by atoms with E-state index >= 15 is 0 Å². The van der Waals surface area contributed by atoms with Crippen LogP contribution in [0.15, 0.2) is 162 Å². The SMILES string of the molecule is c1ccc(-c2ccc3c4c5oc6ccccc6c5ccc4n(-c4ccc5c6ccccc6n(-c6ccccc6)c5c4)c3c2)cc1. The topological polar surface area (TPSA) is 23.0 Å². The van der Waals surface area contributed by atoms with Gasteiger partial charge in [-0.3, -0.25) is 0 Å². The van der Waals surface area contributed by atoms with Crippen LogP contribution in [0.1, 0.15) is 0 Å². The molecule has 10 aromatic rings. The molecule has 7 aromatic carbocycles. The van der Waals surface area contributed by atoms with E-state index in [9.17, 15) is 0 Å². The summed E-state index contributed by atoms with van der Waals surface area (Å²) in [6.45, 7) is 0. The van der Waals surface area contributed by atoms with Crippen LogP contribution in [0, 0.1) is 0 Å². The van der Waals surface area contributed by atoms with Gasteiger partial charge in [0.1, 0.15) is 11.2 Å². The predicted molar refractivity (Wildman–Crippen MR) is 188 cm³/mol. The van der Waals surface area contributed by atoms with E-state index in [4.69, 9.17) is 4.42 Å². The van der Waals surface area contributed by atoms with Gasteiger partial charge in [0, 0.05) is 38.3 Å². The molecule has 0 spiro atoms. The molecule has 0 aliphatic heterocycles. The molecule has 3 nitrogen and oxygen atoms in total. The van der Waals surface area contributed by atoms with Crippen molar-refractivity contribution in [2.45, 2.75) is 0 Å². The molecule has 45 heavy (non-hydrogen) atoms. The third-order valence-electron chi connectivity index (χ3n) is 9.31. The summed E-state index contributed by atoms with van der Waals surface area (Å²) in [6, 6.07) is 56.5. The Kier molecular flexibility index (Phi) is 5.00. The Bertz CT molecular complexity index is 2740. The van der Waals surface area contributed by atoms with Gasteiger partial charge in [-0.15, -0.1) is 0 Å². The molecule has 3 heteroatoms. The average molecular weight is 575 g/mol. The van der Waals surface area contributed by atoms with Gasteiger partial charge in [-0.05, 0) is 65.7 Å². The fraction of sp³-hybridized carbons (Fsp3) is 0. The lowest BCUT2D eigenvalue weighted by Crippen LogP contribution is -1.97. The summed E-state index contributed by atoms with van der Waals surface area (Å²) < 4.78 is 11.4. The first kappa shape index (κ1) is 24.4. The minimum Gasteiger partial charge on any atom is -0.455 e. The van der Waals surface area contributed by atoms with Crippen molar-refractivity contribution in [1.29, 1.82) is 0 Å². The molecule has 0 aliphatic rings. The van der Waals surface area contributed by atoms with Gasteiger partial charge < -0.3 is 13.6 Å². The summed E-state index contributed by atoms with van der Waals surface area (Å²) in [7, 11) is 0. The van der Waals surface area contributed by atoms with E-state index in [-0.39, 0.29) is 0 Å². The van der Waals surface area contributed by atoms with Crippen LogP contribution in [0.25, 0.3) is 88.1 Å². The lowest BCUT2D eigenvalue weighted by molar-refractivity contribution is 0.673. The number of hydrogen-bond acceptors (Lipinski definition) is 1. The highest BCUT2D eigenvalue weighted by atomic mass is 16.3. The first-order valence-electron chi connectivity index (χ1n) is 15.4. The van der Waals surface area contributed by atoms with E-state index < -0.39 is 0 Å². The van der Waals surface area contributed by atoms with Crippen molar-refractivity contribution in [1.82, 2.24) is 9.13 Å². The summed E-state index contributed by atoms with van der Waals surface area (Å²) in [6.07, 6.45) is 0. The number of furan rings is 1. The zero-order chi connectivity index (χ0) is 29.5. The van der Waals surface area contributed by atoms with E-state index in [1.165, 1.54) is 38.3 Å². The molecular formula is C42H26N2O. The van der Waals surface area contributed by atoms with Crippen molar-refractivity contribution < 1.29 is 4.42 Å². The molecule has 0 amide bonds. The van der Waals surface area contributed by atoms with E-state index in [0.29, 0.717) is 0 Å². The van der Waals surface area contributed by atoms with Crippen LogP contribution in [-0.2, 0) is 0 Å². The zero-order valence-corrected chi connectivity index (χ0v) is 24.3. The van der Waals surface area contributed by atoms with Crippen molar-refractivity contribution in [3.63, 3.8) is 0 Å². The minimum atomic E-state index is 0.913. The largest absolute Gasteiger partial charge is 0.455 e. The molecule has 3 heterocycles. The van der Waals surface area contributed by atoms with E-state index in [1.54, 1.807) is 0 Å². The van der Waals surface area contributed by atoms with Gasteiger partial charge in [0.05, 0.1) is 27.5 Å². The lowest BCUT2D eigenvalue weighted by atomic mass is 10.0. The van der Waals surface area contributed by atoms with Crippen LogP contribution in [-0.4, -0.2) is 9.13 Å². The number of benzene rings is 7. The Morgan fingerprint density at radius 3 is 1.87 bits per heavy atom. The van der Waals surface area contributed by atoms with Gasteiger partial charge in [0.2, 0.25) is 0 Å². The Morgan fingerprint density at radius 1 is 0.356 bits per heavy atom. The number of rotatable bonds is 3. The number of para-hydroxylation sites is 3. The molecule has 0 fully saturated rings. The van der Waals surface area contributed by atoms with Crippen molar-refractivity contribution >= 4 is 65.6 Å². The number of hydrogen-bond donors (Lipinski definition) is 0. The van der Waals surface area contributed by atoms with Crippen LogP contribution in [0.2, 0.25) is 0 Å². The van der Waals surface area contributed by atoms with Crippen molar-refractivity contribution in [3.05, 3.63) is 158 Å². The maximum atomic E-state index is 6.61. The molecule has 210 valence electrons. The molecule has 0 saturated heterocycles. The predicted octanol–water partition coefficient (Wildman–Crippen LogP) is 11.4. The summed E-state index contributed by atoms with van der Waals surface area (Å²) in [4.78, 5) is 0. The highest BCUT2D eigenvalue weighted by Crippen LogP contribution is 2.42. The smallest absolute Gasteiger partial charge is 0.145 e. The minimum absolute atomic E-state index is 0.913. The first-order valence-corrected chi connectivity index (χ1v) is 15.4. The maximum absolute atomic E-state index is 6.61. The normalized spacial score (nSPS) is 12.0. The summed E-state index contributed by atoms with van der Waals surface area (Å²) in [5, 5.41) is 7.10. The van der Waals surface area contributed by atoms with Crippen LogP contribution in [0.3, 0.4) is 0 Å². The standard InChI is InChI=1S/C42H26N2O/c1-3-11-27(12-4-1)28-19-21-35-38(25-28)44(37-24-23-34-33-16-8-10-18-40(33)45-42(34)41(35)37)30-20-22-32-31-15-7-9-17-36(31)43(39(32)26-30)29-13-5-2-6-14-29/h1-26H. The third-order valence-corrected chi connectivity index (χ3v) is 9.31.